The SMILES string of the molecule is NCCN(Cc1cccc2ccccc12)C1CCCC1. The van der Waals surface area contributed by atoms with E-state index >= 15 is 0 Å². The van der Waals surface area contributed by atoms with Crippen molar-refractivity contribution >= 4 is 10.8 Å². The van der Waals surface area contributed by atoms with E-state index < -0.39 is 0 Å². The van der Waals surface area contributed by atoms with Crippen molar-refractivity contribution in [2.24, 2.45) is 5.73 Å². The quantitative estimate of drug-likeness (QED) is 0.898. The largest absolute Gasteiger partial charge is 0.329 e. The van der Waals surface area contributed by atoms with Gasteiger partial charge >= 0.3 is 0 Å². The molecular formula is C18H24N2. The second-order valence-corrected chi connectivity index (χ2v) is 5.84. The first-order valence-electron chi connectivity index (χ1n) is 7.79. The Bertz CT molecular complexity index is 553. The fourth-order valence-electron chi connectivity index (χ4n) is 3.48. The highest BCUT2D eigenvalue weighted by atomic mass is 15.2. The highest BCUT2D eigenvalue weighted by Crippen LogP contribution is 2.26. The van der Waals surface area contributed by atoms with Gasteiger partial charge in [0.15, 0.2) is 0 Å². The first kappa shape index (κ1) is 13.6. The van der Waals surface area contributed by atoms with Gasteiger partial charge in [0.2, 0.25) is 0 Å². The summed E-state index contributed by atoms with van der Waals surface area (Å²) in [5, 5.41) is 2.72. The minimum atomic E-state index is 0.734. The maximum absolute atomic E-state index is 5.82. The molecule has 0 unspecified atom stereocenters. The molecule has 2 nitrogen and oxygen atoms in total. The van der Waals surface area contributed by atoms with E-state index in [1.807, 2.05) is 0 Å². The van der Waals surface area contributed by atoms with Gasteiger partial charge in [0.25, 0.3) is 0 Å². The van der Waals surface area contributed by atoms with Gasteiger partial charge in [0.05, 0.1) is 0 Å². The number of rotatable bonds is 5. The Hall–Kier alpha value is -1.38. The van der Waals surface area contributed by atoms with Gasteiger partial charge in [0.1, 0.15) is 0 Å². The molecule has 106 valence electrons. The lowest BCUT2D eigenvalue weighted by molar-refractivity contribution is 0.196. The summed E-state index contributed by atoms with van der Waals surface area (Å²) in [6, 6.07) is 16.0. The Morgan fingerprint density at radius 3 is 2.55 bits per heavy atom. The number of nitrogens with two attached hydrogens (primary N) is 1. The fraction of sp³-hybridized carbons (Fsp3) is 0.444. The third-order valence-corrected chi connectivity index (χ3v) is 4.51. The Morgan fingerprint density at radius 1 is 1.00 bits per heavy atom. The van der Waals surface area contributed by atoms with E-state index in [1.54, 1.807) is 0 Å². The van der Waals surface area contributed by atoms with E-state index in [0.717, 1.165) is 25.7 Å². The van der Waals surface area contributed by atoms with Crippen LogP contribution in [-0.4, -0.2) is 24.0 Å². The van der Waals surface area contributed by atoms with Crippen LogP contribution < -0.4 is 5.73 Å². The molecule has 1 aliphatic rings. The molecule has 1 aliphatic carbocycles. The smallest absolute Gasteiger partial charge is 0.0243 e. The van der Waals surface area contributed by atoms with Crippen LogP contribution in [-0.2, 0) is 6.54 Å². The van der Waals surface area contributed by atoms with Crippen molar-refractivity contribution in [1.29, 1.82) is 0 Å². The molecule has 20 heavy (non-hydrogen) atoms. The average Bonchev–Trinajstić information content (AvgIpc) is 3.01. The standard InChI is InChI=1S/C18H24N2/c19-12-13-20(17-9-2-3-10-17)14-16-8-5-7-15-6-1-4-11-18(15)16/h1,4-8,11,17H,2-3,9-10,12-14,19H2. The van der Waals surface area contributed by atoms with Gasteiger partial charge in [0, 0.05) is 25.7 Å². The fourth-order valence-corrected chi connectivity index (χ4v) is 3.48. The van der Waals surface area contributed by atoms with Gasteiger partial charge in [-0.15, -0.1) is 0 Å². The van der Waals surface area contributed by atoms with E-state index in [0.29, 0.717) is 0 Å². The normalized spacial score (nSPS) is 16.3. The predicted molar refractivity (Wildman–Crippen MR) is 85.7 cm³/mol. The molecule has 0 saturated heterocycles. The summed E-state index contributed by atoms with van der Waals surface area (Å²) in [6.07, 6.45) is 5.43. The van der Waals surface area contributed by atoms with Crippen LogP contribution in [0.4, 0.5) is 0 Å². The molecule has 0 aliphatic heterocycles. The second kappa shape index (κ2) is 6.38. The predicted octanol–water partition coefficient (Wildman–Crippen LogP) is 3.54. The Balaban J connectivity index is 1.86. The molecule has 3 rings (SSSR count). The van der Waals surface area contributed by atoms with Crippen LogP contribution in [0.15, 0.2) is 42.5 Å². The molecular weight excluding hydrogens is 244 g/mol. The molecule has 1 saturated carbocycles. The summed E-state index contributed by atoms with van der Waals surface area (Å²) < 4.78 is 0. The van der Waals surface area contributed by atoms with Crippen LogP contribution >= 0.6 is 0 Å². The number of hydrogen-bond donors (Lipinski definition) is 1. The van der Waals surface area contributed by atoms with Crippen LogP contribution in [0.25, 0.3) is 10.8 Å². The zero-order valence-corrected chi connectivity index (χ0v) is 12.1. The van der Waals surface area contributed by atoms with Crippen LogP contribution in [0.1, 0.15) is 31.2 Å². The number of fused-ring (bicyclic) bond motifs is 1. The average molecular weight is 268 g/mol. The van der Waals surface area contributed by atoms with E-state index in [9.17, 15) is 0 Å². The van der Waals surface area contributed by atoms with Gasteiger partial charge in [-0.2, -0.15) is 0 Å². The molecule has 0 atom stereocenters. The summed E-state index contributed by atoms with van der Waals surface area (Å²) >= 11 is 0. The summed E-state index contributed by atoms with van der Waals surface area (Å²) in [5.74, 6) is 0. The van der Waals surface area contributed by atoms with Crippen molar-refractivity contribution in [3.63, 3.8) is 0 Å². The van der Waals surface area contributed by atoms with Gasteiger partial charge < -0.3 is 5.73 Å². The van der Waals surface area contributed by atoms with Crippen molar-refractivity contribution in [3.05, 3.63) is 48.0 Å². The van der Waals surface area contributed by atoms with Crippen LogP contribution in [0.5, 0.6) is 0 Å². The van der Waals surface area contributed by atoms with E-state index in [4.69, 9.17) is 5.73 Å². The molecule has 0 bridgehead atoms. The molecule has 0 radical (unpaired) electrons. The molecule has 1 fully saturated rings. The highest BCUT2D eigenvalue weighted by Gasteiger charge is 2.22. The molecule has 2 aromatic carbocycles. The molecule has 0 spiro atoms. The number of hydrogen-bond acceptors (Lipinski definition) is 2. The minimum Gasteiger partial charge on any atom is -0.329 e. The lowest BCUT2D eigenvalue weighted by atomic mass is 10.0. The van der Waals surface area contributed by atoms with Gasteiger partial charge in [-0.05, 0) is 29.2 Å². The van der Waals surface area contributed by atoms with Crippen molar-refractivity contribution in [3.8, 4) is 0 Å². The van der Waals surface area contributed by atoms with Crippen LogP contribution in [0.2, 0.25) is 0 Å². The van der Waals surface area contributed by atoms with Crippen molar-refractivity contribution < 1.29 is 0 Å². The number of nitrogens with zero attached hydrogens (tertiary/aromatic N) is 1. The molecule has 2 aromatic rings. The third-order valence-electron chi connectivity index (χ3n) is 4.51. The van der Waals surface area contributed by atoms with E-state index in [1.165, 1.54) is 42.0 Å². The molecule has 0 amide bonds. The molecule has 0 aromatic heterocycles. The highest BCUT2D eigenvalue weighted by molar-refractivity contribution is 5.85. The Labute approximate surface area is 121 Å². The summed E-state index contributed by atoms with van der Waals surface area (Å²) in [4.78, 5) is 2.59. The van der Waals surface area contributed by atoms with Crippen LogP contribution in [0, 0.1) is 0 Å². The van der Waals surface area contributed by atoms with Crippen molar-refractivity contribution in [2.75, 3.05) is 13.1 Å². The second-order valence-electron chi connectivity index (χ2n) is 5.84. The zero-order chi connectivity index (χ0) is 13.8. The summed E-state index contributed by atoms with van der Waals surface area (Å²) in [7, 11) is 0. The first-order chi connectivity index (χ1) is 9.88. The Morgan fingerprint density at radius 2 is 1.75 bits per heavy atom. The summed E-state index contributed by atoms with van der Waals surface area (Å²) in [6.45, 7) is 2.79. The van der Waals surface area contributed by atoms with E-state index in [2.05, 4.69) is 47.4 Å². The maximum Gasteiger partial charge on any atom is 0.0243 e. The van der Waals surface area contributed by atoms with Gasteiger partial charge in [-0.1, -0.05) is 55.3 Å². The molecule has 2 N–H and O–H groups in total. The van der Waals surface area contributed by atoms with Crippen LogP contribution in [0.3, 0.4) is 0 Å². The minimum absolute atomic E-state index is 0.734. The first-order valence-corrected chi connectivity index (χ1v) is 7.79. The van der Waals surface area contributed by atoms with Crippen molar-refractivity contribution in [1.82, 2.24) is 4.90 Å². The molecule has 2 heteroatoms. The maximum atomic E-state index is 5.82. The van der Waals surface area contributed by atoms with Crippen molar-refractivity contribution in [2.45, 2.75) is 38.3 Å². The topological polar surface area (TPSA) is 29.3 Å². The lowest BCUT2D eigenvalue weighted by Gasteiger charge is -2.28. The monoisotopic (exact) mass is 268 g/mol. The summed E-state index contributed by atoms with van der Waals surface area (Å²) in [5.41, 5.74) is 7.26. The lowest BCUT2D eigenvalue weighted by Crippen LogP contribution is -2.36. The number of benzene rings is 2. The van der Waals surface area contributed by atoms with E-state index in [-0.39, 0.29) is 0 Å². The third kappa shape index (κ3) is 2.87. The zero-order valence-electron chi connectivity index (χ0n) is 12.1. The molecule has 0 heterocycles. The van der Waals surface area contributed by atoms with Gasteiger partial charge in [-0.3, -0.25) is 4.90 Å². The Kier molecular flexibility index (Phi) is 4.34. The van der Waals surface area contributed by atoms with Gasteiger partial charge in [-0.25, -0.2) is 0 Å².